The maximum Gasteiger partial charge on any atom is 0.251 e. The number of carbonyl (C=O) groups is 1. The van der Waals surface area contributed by atoms with Gasteiger partial charge in [-0.1, -0.05) is 12.1 Å². The molecule has 0 bridgehead atoms. The summed E-state index contributed by atoms with van der Waals surface area (Å²) in [5.74, 6) is 0.302. The van der Waals surface area contributed by atoms with Crippen LogP contribution in [0, 0.1) is 0 Å². The van der Waals surface area contributed by atoms with Crippen molar-refractivity contribution >= 4 is 15.9 Å². The molecule has 0 aliphatic heterocycles. The second kappa shape index (κ2) is 8.59. The normalized spacial score (nSPS) is 11.3. The molecule has 1 N–H and O–H groups in total. The highest BCUT2D eigenvalue weighted by molar-refractivity contribution is 7.88. The number of aromatic nitrogens is 1. The van der Waals surface area contributed by atoms with E-state index in [-0.39, 0.29) is 25.5 Å². The minimum absolute atomic E-state index is 0.170. The van der Waals surface area contributed by atoms with Crippen LogP contribution in [-0.2, 0) is 16.6 Å². The molecule has 0 spiro atoms. The van der Waals surface area contributed by atoms with Crippen LogP contribution in [0.4, 0.5) is 0 Å². The summed E-state index contributed by atoms with van der Waals surface area (Å²) >= 11 is 0. The van der Waals surface area contributed by atoms with Gasteiger partial charge < -0.3 is 10.1 Å². The number of hydrogen-bond donors (Lipinski definition) is 1. The predicted octanol–water partition coefficient (Wildman–Crippen LogP) is 1.28. The van der Waals surface area contributed by atoms with Crippen molar-refractivity contribution in [2.24, 2.45) is 0 Å². The average molecular weight is 363 g/mol. The summed E-state index contributed by atoms with van der Waals surface area (Å²) in [5.41, 5.74) is 1.24. The molecule has 2 aromatic rings. The highest BCUT2D eigenvalue weighted by Crippen LogP contribution is 2.12. The summed E-state index contributed by atoms with van der Waals surface area (Å²) in [6.07, 6.45) is 4.39. The van der Waals surface area contributed by atoms with E-state index >= 15 is 0 Å². The summed E-state index contributed by atoms with van der Waals surface area (Å²) in [5, 5.41) is 2.72. The van der Waals surface area contributed by atoms with Crippen LogP contribution in [0.1, 0.15) is 15.9 Å². The monoisotopic (exact) mass is 363 g/mol. The zero-order valence-electron chi connectivity index (χ0n) is 14.2. The van der Waals surface area contributed by atoms with E-state index in [4.69, 9.17) is 4.74 Å². The van der Waals surface area contributed by atoms with Crippen molar-refractivity contribution in [1.82, 2.24) is 14.6 Å². The van der Waals surface area contributed by atoms with Gasteiger partial charge in [-0.2, -0.15) is 4.31 Å². The highest BCUT2D eigenvalue weighted by atomic mass is 32.2. The van der Waals surface area contributed by atoms with Crippen molar-refractivity contribution in [1.29, 1.82) is 0 Å². The molecule has 0 unspecified atom stereocenters. The molecule has 0 atom stereocenters. The van der Waals surface area contributed by atoms with E-state index in [9.17, 15) is 13.2 Å². The summed E-state index contributed by atoms with van der Waals surface area (Å²) in [6, 6.07) is 10.3. The molecule has 0 radical (unpaired) electrons. The Hall–Kier alpha value is -2.45. The minimum Gasteiger partial charge on any atom is -0.497 e. The van der Waals surface area contributed by atoms with E-state index in [1.165, 1.54) is 11.4 Å². The molecule has 0 aliphatic carbocycles. The summed E-state index contributed by atoms with van der Waals surface area (Å²) < 4.78 is 30.3. The van der Waals surface area contributed by atoms with Crippen molar-refractivity contribution in [3.05, 3.63) is 59.9 Å². The van der Waals surface area contributed by atoms with Crippen LogP contribution in [-0.4, -0.2) is 50.1 Å². The van der Waals surface area contributed by atoms with Crippen molar-refractivity contribution in [3.63, 3.8) is 0 Å². The Labute approximate surface area is 147 Å². The van der Waals surface area contributed by atoms with Gasteiger partial charge in [-0.25, -0.2) is 8.42 Å². The number of pyridine rings is 1. The minimum atomic E-state index is -3.40. The summed E-state index contributed by atoms with van der Waals surface area (Å²) in [6.45, 7) is 0.578. The zero-order chi connectivity index (χ0) is 18.3. The third kappa shape index (κ3) is 5.84. The van der Waals surface area contributed by atoms with Gasteiger partial charge in [-0.05, 0) is 29.8 Å². The Bertz CT molecular complexity index is 810. The maximum absolute atomic E-state index is 12.2. The molecule has 2 rings (SSSR count). The summed E-state index contributed by atoms with van der Waals surface area (Å²) in [4.78, 5) is 16.1. The molecule has 0 saturated carbocycles. The molecule has 1 aromatic heterocycles. The van der Waals surface area contributed by atoms with Gasteiger partial charge >= 0.3 is 0 Å². The van der Waals surface area contributed by atoms with E-state index in [1.807, 2.05) is 0 Å². The van der Waals surface area contributed by atoms with Crippen LogP contribution >= 0.6 is 0 Å². The molecular formula is C17H21N3O4S. The Kier molecular flexibility index (Phi) is 6.49. The van der Waals surface area contributed by atoms with Gasteiger partial charge in [-0.15, -0.1) is 0 Å². The lowest BCUT2D eigenvalue weighted by molar-refractivity contribution is 0.0951. The number of nitrogens with one attached hydrogen (secondary N) is 1. The Balaban J connectivity index is 1.95. The van der Waals surface area contributed by atoms with Crippen LogP contribution in [0.25, 0.3) is 0 Å². The van der Waals surface area contributed by atoms with Crippen LogP contribution in [0.2, 0.25) is 0 Å². The molecular weight excluding hydrogens is 342 g/mol. The van der Waals surface area contributed by atoms with E-state index in [1.54, 1.807) is 48.8 Å². The van der Waals surface area contributed by atoms with Crippen molar-refractivity contribution < 1.29 is 17.9 Å². The molecule has 8 heteroatoms. The van der Waals surface area contributed by atoms with Crippen molar-refractivity contribution in [3.8, 4) is 5.75 Å². The van der Waals surface area contributed by atoms with Gasteiger partial charge in [0.2, 0.25) is 10.0 Å². The lowest BCUT2D eigenvalue weighted by Gasteiger charge is -2.20. The Morgan fingerprint density at radius 3 is 2.72 bits per heavy atom. The van der Waals surface area contributed by atoms with Gasteiger partial charge in [0, 0.05) is 37.6 Å². The smallest absolute Gasteiger partial charge is 0.251 e. The van der Waals surface area contributed by atoms with Gasteiger partial charge in [0.15, 0.2) is 0 Å². The second-order valence-electron chi connectivity index (χ2n) is 5.45. The molecule has 25 heavy (non-hydrogen) atoms. The molecule has 0 saturated heterocycles. The van der Waals surface area contributed by atoms with E-state index < -0.39 is 10.0 Å². The van der Waals surface area contributed by atoms with E-state index in [2.05, 4.69) is 10.3 Å². The fraction of sp³-hybridized carbons (Fsp3) is 0.294. The first-order valence-corrected chi connectivity index (χ1v) is 9.51. The number of sulfonamides is 1. The van der Waals surface area contributed by atoms with Gasteiger partial charge in [-0.3, -0.25) is 9.78 Å². The average Bonchev–Trinajstić information content (AvgIpc) is 2.61. The third-order valence-electron chi connectivity index (χ3n) is 3.53. The van der Waals surface area contributed by atoms with Crippen LogP contribution in [0.3, 0.4) is 0 Å². The number of benzene rings is 1. The first-order chi connectivity index (χ1) is 11.9. The second-order valence-corrected chi connectivity index (χ2v) is 7.43. The molecule has 134 valence electrons. The van der Waals surface area contributed by atoms with Crippen LogP contribution in [0.15, 0.2) is 48.8 Å². The standard InChI is InChI=1S/C17H21N3O4S/c1-24-16-7-3-6-15(11-16)17(21)19-9-10-20(25(2,22)23)13-14-5-4-8-18-12-14/h3-8,11-12H,9-10,13H2,1-2H3,(H,19,21). The van der Waals surface area contributed by atoms with Crippen LogP contribution in [0.5, 0.6) is 5.75 Å². The molecule has 0 aliphatic rings. The topological polar surface area (TPSA) is 88.6 Å². The number of hydrogen-bond acceptors (Lipinski definition) is 5. The van der Waals surface area contributed by atoms with Crippen molar-refractivity contribution in [2.45, 2.75) is 6.54 Å². The largest absolute Gasteiger partial charge is 0.497 e. The Morgan fingerprint density at radius 2 is 2.08 bits per heavy atom. The molecule has 1 heterocycles. The fourth-order valence-electron chi connectivity index (χ4n) is 2.22. The van der Waals surface area contributed by atoms with Gasteiger partial charge in [0.1, 0.15) is 5.75 Å². The van der Waals surface area contributed by atoms with E-state index in [0.717, 1.165) is 11.8 Å². The number of ether oxygens (including phenoxy) is 1. The van der Waals surface area contributed by atoms with Crippen molar-refractivity contribution in [2.75, 3.05) is 26.5 Å². The third-order valence-corrected chi connectivity index (χ3v) is 4.78. The molecule has 1 aromatic carbocycles. The SMILES string of the molecule is COc1cccc(C(=O)NCCN(Cc2cccnc2)S(C)(=O)=O)c1. The number of amides is 1. The fourth-order valence-corrected chi connectivity index (χ4v) is 3.02. The first-order valence-electron chi connectivity index (χ1n) is 7.66. The van der Waals surface area contributed by atoms with E-state index in [0.29, 0.717) is 11.3 Å². The number of rotatable bonds is 8. The first kappa shape index (κ1) is 18.9. The maximum atomic E-state index is 12.2. The lowest BCUT2D eigenvalue weighted by atomic mass is 10.2. The Morgan fingerprint density at radius 1 is 1.28 bits per heavy atom. The quantitative estimate of drug-likeness (QED) is 0.763. The molecule has 7 nitrogen and oxygen atoms in total. The lowest BCUT2D eigenvalue weighted by Crippen LogP contribution is -2.37. The summed E-state index contributed by atoms with van der Waals surface area (Å²) in [7, 11) is -1.87. The highest BCUT2D eigenvalue weighted by Gasteiger charge is 2.17. The zero-order valence-corrected chi connectivity index (χ0v) is 15.0. The molecule has 1 amide bonds. The number of carbonyl (C=O) groups excluding carboxylic acids is 1. The van der Waals surface area contributed by atoms with Gasteiger partial charge in [0.25, 0.3) is 5.91 Å². The predicted molar refractivity (Wildman–Crippen MR) is 94.8 cm³/mol. The van der Waals surface area contributed by atoms with Crippen LogP contribution < -0.4 is 10.1 Å². The molecule has 0 fully saturated rings. The number of nitrogens with zero attached hydrogens (tertiary/aromatic N) is 2. The van der Waals surface area contributed by atoms with Gasteiger partial charge in [0.05, 0.1) is 13.4 Å². The number of methoxy groups -OCH3 is 1.